The summed E-state index contributed by atoms with van der Waals surface area (Å²) in [5.41, 5.74) is 1.71. The Hall–Kier alpha value is -1.84. The summed E-state index contributed by atoms with van der Waals surface area (Å²) in [5.74, 6) is 0.488. The Morgan fingerprint density at radius 1 is 1.47 bits per heavy atom. The van der Waals surface area contributed by atoms with Gasteiger partial charge in [0.25, 0.3) is 5.91 Å². The summed E-state index contributed by atoms with van der Waals surface area (Å²) in [4.78, 5) is 16.2. The first-order valence-electron chi connectivity index (χ1n) is 6.70. The molecule has 4 nitrogen and oxygen atoms in total. The number of hydrogen-bond donors (Lipinski definition) is 1. The number of hydrogen-bond acceptors (Lipinski definition) is 3. The van der Waals surface area contributed by atoms with Crippen LogP contribution in [0.3, 0.4) is 0 Å². The molecule has 0 radical (unpaired) electrons. The van der Waals surface area contributed by atoms with Crippen LogP contribution in [0.15, 0.2) is 30.0 Å². The third-order valence-electron chi connectivity index (χ3n) is 3.43. The lowest BCUT2D eigenvalue weighted by molar-refractivity contribution is 0.0939. The summed E-state index contributed by atoms with van der Waals surface area (Å²) in [5, 5.41) is 2.99. The minimum absolute atomic E-state index is 0.0702. The largest absolute Gasteiger partial charge is 0.497 e. The molecule has 0 unspecified atom stereocenters. The Morgan fingerprint density at radius 3 is 3.00 bits per heavy atom. The molecule has 1 aliphatic carbocycles. The number of aromatic nitrogens is 1. The number of carbonyl (C=O) groups excluding carboxylic acids is 1. The van der Waals surface area contributed by atoms with Gasteiger partial charge in [-0.2, -0.15) is 0 Å². The number of carbonyl (C=O) groups is 1. The zero-order valence-corrected chi connectivity index (χ0v) is 11.5. The van der Waals surface area contributed by atoms with Gasteiger partial charge >= 0.3 is 0 Å². The number of methoxy groups -OCH3 is 1. The summed E-state index contributed by atoms with van der Waals surface area (Å²) in [6.07, 6.45) is 8.48. The maximum absolute atomic E-state index is 12.1. The Bertz CT molecular complexity index is 483. The molecular weight excluding hydrogens is 240 g/mol. The molecule has 2 rings (SSSR count). The van der Waals surface area contributed by atoms with Crippen LogP contribution < -0.4 is 10.1 Å². The van der Waals surface area contributed by atoms with Crippen molar-refractivity contribution >= 4 is 5.91 Å². The minimum atomic E-state index is -0.155. The molecule has 1 aromatic rings. The van der Waals surface area contributed by atoms with E-state index >= 15 is 0 Å². The van der Waals surface area contributed by atoms with Gasteiger partial charge in [-0.25, -0.2) is 0 Å². The van der Waals surface area contributed by atoms with E-state index in [2.05, 4.69) is 16.4 Å². The monoisotopic (exact) mass is 260 g/mol. The van der Waals surface area contributed by atoms with Gasteiger partial charge in [0.05, 0.1) is 7.11 Å². The highest BCUT2D eigenvalue weighted by Gasteiger charge is 2.16. The Balaban J connectivity index is 2.01. The van der Waals surface area contributed by atoms with Gasteiger partial charge in [0.1, 0.15) is 11.4 Å². The van der Waals surface area contributed by atoms with E-state index in [1.165, 1.54) is 18.4 Å². The van der Waals surface area contributed by atoms with Crippen molar-refractivity contribution in [2.24, 2.45) is 0 Å². The Kier molecular flexibility index (Phi) is 4.55. The number of nitrogens with zero attached hydrogens (tertiary/aromatic N) is 1. The highest BCUT2D eigenvalue weighted by molar-refractivity contribution is 5.93. The standard InChI is InChI=1S/C15H20N2O2/c1-11(12-6-4-3-5-7-12)17-15(18)14-10-13(19-2)8-9-16-14/h6,8-11H,3-5,7H2,1-2H3,(H,17,18)/t11-/m0/s1. The van der Waals surface area contributed by atoms with E-state index in [0.29, 0.717) is 11.4 Å². The van der Waals surface area contributed by atoms with Crippen LogP contribution in [0.1, 0.15) is 43.1 Å². The number of allylic oxidation sites excluding steroid dienone is 1. The van der Waals surface area contributed by atoms with E-state index in [0.717, 1.165) is 12.8 Å². The quantitative estimate of drug-likeness (QED) is 0.847. The van der Waals surface area contributed by atoms with Crippen molar-refractivity contribution in [2.45, 2.75) is 38.6 Å². The minimum Gasteiger partial charge on any atom is -0.497 e. The summed E-state index contributed by atoms with van der Waals surface area (Å²) >= 11 is 0. The van der Waals surface area contributed by atoms with Gasteiger partial charge in [0.15, 0.2) is 0 Å². The maximum atomic E-state index is 12.1. The fourth-order valence-electron chi connectivity index (χ4n) is 2.28. The zero-order chi connectivity index (χ0) is 13.7. The highest BCUT2D eigenvalue weighted by Crippen LogP contribution is 2.20. The molecular formula is C15H20N2O2. The highest BCUT2D eigenvalue weighted by atomic mass is 16.5. The molecule has 1 aliphatic rings. The van der Waals surface area contributed by atoms with Crippen molar-refractivity contribution in [1.29, 1.82) is 0 Å². The Morgan fingerprint density at radius 2 is 2.32 bits per heavy atom. The van der Waals surface area contributed by atoms with Gasteiger partial charge < -0.3 is 10.1 Å². The molecule has 0 saturated carbocycles. The first-order valence-corrected chi connectivity index (χ1v) is 6.70. The molecule has 0 saturated heterocycles. The van der Waals surface area contributed by atoms with E-state index in [9.17, 15) is 4.79 Å². The van der Waals surface area contributed by atoms with E-state index in [1.54, 1.807) is 25.4 Å². The normalized spacial score (nSPS) is 16.4. The first kappa shape index (κ1) is 13.6. The maximum Gasteiger partial charge on any atom is 0.270 e. The van der Waals surface area contributed by atoms with Gasteiger partial charge in [-0.1, -0.05) is 11.6 Å². The van der Waals surface area contributed by atoms with Crippen LogP contribution in [0, 0.1) is 0 Å². The van der Waals surface area contributed by atoms with E-state index in [1.807, 2.05) is 6.92 Å². The summed E-state index contributed by atoms with van der Waals surface area (Å²) in [6.45, 7) is 2.02. The van der Waals surface area contributed by atoms with Gasteiger partial charge in [-0.15, -0.1) is 0 Å². The smallest absolute Gasteiger partial charge is 0.270 e. The predicted molar refractivity (Wildman–Crippen MR) is 74.3 cm³/mol. The average molecular weight is 260 g/mol. The fraction of sp³-hybridized carbons (Fsp3) is 0.467. The molecule has 1 heterocycles. The summed E-state index contributed by atoms with van der Waals surface area (Å²) in [7, 11) is 1.58. The lowest BCUT2D eigenvalue weighted by Gasteiger charge is -2.20. The predicted octanol–water partition coefficient (Wildman–Crippen LogP) is 2.71. The van der Waals surface area contributed by atoms with Crippen LogP contribution in [-0.2, 0) is 0 Å². The summed E-state index contributed by atoms with van der Waals surface area (Å²) in [6, 6.07) is 3.45. The molecule has 1 N–H and O–H groups in total. The molecule has 0 aliphatic heterocycles. The molecule has 102 valence electrons. The van der Waals surface area contributed by atoms with E-state index in [4.69, 9.17) is 4.74 Å². The van der Waals surface area contributed by atoms with Crippen molar-refractivity contribution in [3.8, 4) is 5.75 Å². The van der Waals surface area contributed by atoms with Crippen LogP contribution >= 0.6 is 0 Å². The first-order chi connectivity index (χ1) is 9.20. The molecule has 1 atom stereocenters. The zero-order valence-electron chi connectivity index (χ0n) is 11.5. The number of nitrogens with one attached hydrogen (secondary N) is 1. The second kappa shape index (κ2) is 6.36. The lowest BCUT2D eigenvalue weighted by Crippen LogP contribution is -2.34. The van der Waals surface area contributed by atoms with Gasteiger partial charge in [0.2, 0.25) is 0 Å². The molecule has 4 heteroatoms. The van der Waals surface area contributed by atoms with E-state index < -0.39 is 0 Å². The molecule has 0 spiro atoms. The third-order valence-corrected chi connectivity index (χ3v) is 3.43. The number of rotatable bonds is 4. The molecule has 0 aromatic carbocycles. The van der Waals surface area contributed by atoms with Crippen molar-refractivity contribution in [2.75, 3.05) is 7.11 Å². The van der Waals surface area contributed by atoms with Crippen LogP contribution in [0.2, 0.25) is 0 Å². The van der Waals surface area contributed by atoms with Crippen LogP contribution in [-0.4, -0.2) is 24.0 Å². The molecule has 19 heavy (non-hydrogen) atoms. The van der Waals surface area contributed by atoms with Crippen LogP contribution in [0.25, 0.3) is 0 Å². The molecule has 1 amide bonds. The Labute approximate surface area is 113 Å². The van der Waals surface area contributed by atoms with Gasteiger partial charge in [-0.3, -0.25) is 9.78 Å². The van der Waals surface area contributed by atoms with E-state index in [-0.39, 0.29) is 11.9 Å². The molecule has 0 fully saturated rings. The summed E-state index contributed by atoms with van der Waals surface area (Å²) < 4.78 is 5.09. The van der Waals surface area contributed by atoms with Crippen LogP contribution in [0.5, 0.6) is 5.75 Å². The molecule has 0 bridgehead atoms. The average Bonchev–Trinajstić information content (AvgIpc) is 2.48. The van der Waals surface area contributed by atoms with Crippen molar-refractivity contribution in [1.82, 2.24) is 10.3 Å². The second-order valence-electron chi connectivity index (χ2n) is 4.80. The number of ether oxygens (including phenoxy) is 1. The second-order valence-corrected chi connectivity index (χ2v) is 4.80. The van der Waals surface area contributed by atoms with Gasteiger partial charge in [-0.05, 0) is 38.7 Å². The van der Waals surface area contributed by atoms with Crippen molar-refractivity contribution in [3.63, 3.8) is 0 Å². The topological polar surface area (TPSA) is 51.2 Å². The molecule has 1 aromatic heterocycles. The lowest BCUT2D eigenvalue weighted by atomic mass is 9.95. The number of pyridine rings is 1. The van der Waals surface area contributed by atoms with Crippen molar-refractivity contribution < 1.29 is 9.53 Å². The van der Waals surface area contributed by atoms with Crippen LogP contribution in [0.4, 0.5) is 0 Å². The SMILES string of the molecule is COc1ccnc(C(=O)N[C@@H](C)C2=CCCCC2)c1. The fourth-order valence-corrected chi connectivity index (χ4v) is 2.28. The van der Waals surface area contributed by atoms with Crippen molar-refractivity contribution in [3.05, 3.63) is 35.7 Å². The van der Waals surface area contributed by atoms with Gasteiger partial charge in [0, 0.05) is 18.3 Å². The third kappa shape index (κ3) is 3.56. The number of amides is 1.